The Bertz CT molecular complexity index is 656. The van der Waals surface area contributed by atoms with Gasteiger partial charge in [0.1, 0.15) is 0 Å². The number of para-hydroxylation sites is 1. The molecule has 0 atom stereocenters. The number of hydrogen-bond acceptors (Lipinski definition) is 4. The van der Waals surface area contributed by atoms with Gasteiger partial charge in [-0.1, -0.05) is 18.2 Å². The van der Waals surface area contributed by atoms with Gasteiger partial charge >= 0.3 is 0 Å². The third-order valence-electron chi connectivity index (χ3n) is 3.54. The van der Waals surface area contributed by atoms with Gasteiger partial charge in [-0.25, -0.2) is 0 Å². The van der Waals surface area contributed by atoms with Crippen molar-refractivity contribution in [2.24, 2.45) is 0 Å². The molecule has 0 aliphatic carbocycles. The van der Waals surface area contributed by atoms with Crippen LogP contribution < -0.4 is 10.6 Å². The summed E-state index contributed by atoms with van der Waals surface area (Å²) in [6.45, 7) is 5.45. The molecule has 5 heteroatoms. The molecular weight excluding hydrogens is 266 g/mol. The molecule has 0 radical (unpaired) electrons. The molecule has 0 aromatic heterocycles. The highest BCUT2D eigenvalue weighted by molar-refractivity contribution is 5.57. The van der Waals surface area contributed by atoms with Gasteiger partial charge in [-0.05, 0) is 31.5 Å². The SMILES string of the molecule is CCN(Cc1cc([N+](=O)[O-])ccc1N)c1ccccc1C. The number of nitro benzene ring substituents is 1. The van der Waals surface area contributed by atoms with Crippen LogP contribution in [0, 0.1) is 17.0 Å². The lowest BCUT2D eigenvalue weighted by Gasteiger charge is -2.25. The fourth-order valence-corrected chi connectivity index (χ4v) is 2.33. The summed E-state index contributed by atoms with van der Waals surface area (Å²) in [5.41, 5.74) is 9.66. The molecule has 0 saturated heterocycles. The van der Waals surface area contributed by atoms with E-state index in [0.717, 1.165) is 17.8 Å². The number of rotatable bonds is 5. The van der Waals surface area contributed by atoms with Gasteiger partial charge in [-0.2, -0.15) is 0 Å². The molecule has 2 aromatic carbocycles. The minimum atomic E-state index is -0.396. The summed E-state index contributed by atoms with van der Waals surface area (Å²) in [4.78, 5) is 12.7. The Labute approximate surface area is 124 Å². The van der Waals surface area contributed by atoms with Crippen LogP contribution in [-0.4, -0.2) is 11.5 Å². The van der Waals surface area contributed by atoms with E-state index in [1.54, 1.807) is 12.1 Å². The van der Waals surface area contributed by atoms with E-state index in [1.807, 2.05) is 18.2 Å². The highest BCUT2D eigenvalue weighted by Crippen LogP contribution is 2.25. The van der Waals surface area contributed by atoms with Gasteiger partial charge in [0.2, 0.25) is 0 Å². The lowest BCUT2D eigenvalue weighted by Crippen LogP contribution is -2.23. The van der Waals surface area contributed by atoms with Gasteiger partial charge in [-0.3, -0.25) is 10.1 Å². The predicted molar refractivity (Wildman–Crippen MR) is 85.4 cm³/mol. The Hall–Kier alpha value is -2.56. The average molecular weight is 285 g/mol. The monoisotopic (exact) mass is 285 g/mol. The maximum Gasteiger partial charge on any atom is 0.269 e. The predicted octanol–water partition coefficient (Wildman–Crippen LogP) is 3.51. The number of anilines is 2. The minimum absolute atomic E-state index is 0.0695. The van der Waals surface area contributed by atoms with Crippen molar-refractivity contribution in [2.45, 2.75) is 20.4 Å². The molecule has 110 valence electrons. The third-order valence-corrected chi connectivity index (χ3v) is 3.54. The molecule has 0 fully saturated rings. The number of hydrogen-bond donors (Lipinski definition) is 1. The van der Waals surface area contributed by atoms with E-state index in [1.165, 1.54) is 11.6 Å². The van der Waals surface area contributed by atoms with E-state index in [9.17, 15) is 10.1 Å². The Kier molecular flexibility index (Phi) is 4.42. The molecule has 2 N–H and O–H groups in total. The van der Waals surface area contributed by atoms with Gasteiger partial charge in [-0.15, -0.1) is 0 Å². The standard InChI is InChI=1S/C16H19N3O2/c1-3-18(16-7-5-4-6-12(16)2)11-13-10-14(19(20)21)8-9-15(13)17/h4-10H,3,11,17H2,1-2H3. The van der Waals surface area contributed by atoms with E-state index in [4.69, 9.17) is 5.73 Å². The second-order valence-electron chi connectivity index (χ2n) is 4.94. The highest BCUT2D eigenvalue weighted by atomic mass is 16.6. The van der Waals surface area contributed by atoms with Gasteiger partial charge in [0.05, 0.1) is 4.92 Å². The Morgan fingerprint density at radius 3 is 2.57 bits per heavy atom. The number of benzene rings is 2. The Morgan fingerprint density at radius 2 is 1.95 bits per heavy atom. The van der Waals surface area contributed by atoms with E-state index < -0.39 is 4.92 Å². The molecule has 0 aliphatic rings. The molecule has 0 spiro atoms. The largest absolute Gasteiger partial charge is 0.398 e. The van der Waals surface area contributed by atoms with Gasteiger partial charge in [0.25, 0.3) is 5.69 Å². The van der Waals surface area contributed by atoms with E-state index in [-0.39, 0.29) is 5.69 Å². The lowest BCUT2D eigenvalue weighted by molar-refractivity contribution is -0.384. The molecule has 0 saturated carbocycles. The normalized spacial score (nSPS) is 10.4. The van der Waals surface area contributed by atoms with Crippen molar-refractivity contribution in [3.8, 4) is 0 Å². The molecule has 0 heterocycles. The summed E-state index contributed by atoms with van der Waals surface area (Å²) in [7, 11) is 0. The number of nitrogen functional groups attached to an aromatic ring is 1. The first kappa shape index (κ1) is 14.8. The topological polar surface area (TPSA) is 72.4 Å². The van der Waals surface area contributed by atoms with E-state index >= 15 is 0 Å². The maximum absolute atomic E-state index is 10.9. The summed E-state index contributed by atoms with van der Waals surface area (Å²) in [6, 6.07) is 12.7. The summed E-state index contributed by atoms with van der Waals surface area (Å²) < 4.78 is 0. The molecule has 0 unspecified atom stereocenters. The molecular formula is C16H19N3O2. The van der Waals surface area contributed by atoms with Crippen molar-refractivity contribution in [2.75, 3.05) is 17.2 Å². The smallest absolute Gasteiger partial charge is 0.269 e. The zero-order chi connectivity index (χ0) is 15.4. The quantitative estimate of drug-likeness (QED) is 0.518. The van der Waals surface area contributed by atoms with Crippen LogP contribution in [0.2, 0.25) is 0 Å². The summed E-state index contributed by atoms with van der Waals surface area (Å²) in [5, 5.41) is 10.9. The van der Waals surface area contributed by atoms with Crippen LogP contribution in [0.4, 0.5) is 17.1 Å². The maximum atomic E-state index is 10.9. The summed E-state index contributed by atoms with van der Waals surface area (Å²) in [5.74, 6) is 0. The lowest BCUT2D eigenvalue weighted by atomic mass is 10.1. The van der Waals surface area contributed by atoms with Gasteiger partial charge in [0.15, 0.2) is 0 Å². The first-order valence-electron chi connectivity index (χ1n) is 6.86. The molecule has 2 rings (SSSR count). The number of aryl methyl sites for hydroxylation is 1. The van der Waals surface area contributed by atoms with Crippen molar-refractivity contribution in [1.29, 1.82) is 0 Å². The minimum Gasteiger partial charge on any atom is -0.398 e. The number of nitrogens with two attached hydrogens (primary N) is 1. The van der Waals surface area contributed by atoms with Crippen molar-refractivity contribution in [1.82, 2.24) is 0 Å². The van der Waals surface area contributed by atoms with Crippen molar-refractivity contribution in [3.63, 3.8) is 0 Å². The average Bonchev–Trinajstić information content (AvgIpc) is 2.47. The van der Waals surface area contributed by atoms with Crippen molar-refractivity contribution in [3.05, 3.63) is 63.7 Å². The fourth-order valence-electron chi connectivity index (χ4n) is 2.33. The van der Waals surface area contributed by atoms with Gasteiger partial charge < -0.3 is 10.6 Å². The summed E-state index contributed by atoms with van der Waals surface area (Å²) >= 11 is 0. The molecule has 21 heavy (non-hydrogen) atoms. The van der Waals surface area contributed by atoms with Crippen LogP contribution >= 0.6 is 0 Å². The van der Waals surface area contributed by atoms with Crippen molar-refractivity contribution >= 4 is 17.1 Å². The van der Waals surface area contributed by atoms with Crippen LogP contribution in [0.25, 0.3) is 0 Å². The second kappa shape index (κ2) is 6.26. The molecule has 5 nitrogen and oxygen atoms in total. The zero-order valence-electron chi connectivity index (χ0n) is 12.2. The molecule has 2 aromatic rings. The van der Waals surface area contributed by atoms with Gasteiger partial charge in [0, 0.05) is 42.2 Å². The number of nitrogens with zero attached hydrogens (tertiary/aromatic N) is 2. The van der Waals surface area contributed by atoms with Crippen LogP contribution in [0.1, 0.15) is 18.1 Å². The third kappa shape index (κ3) is 3.31. The molecule has 0 aliphatic heterocycles. The highest BCUT2D eigenvalue weighted by Gasteiger charge is 2.13. The molecule has 0 bridgehead atoms. The van der Waals surface area contributed by atoms with Crippen LogP contribution in [-0.2, 0) is 6.54 Å². The number of non-ortho nitro benzene ring substituents is 1. The number of nitro groups is 1. The first-order chi connectivity index (χ1) is 10.0. The second-order valence-corrected chi connectivity index (χ2v) is 4.94. The Balaban J connectivity index is 2.33. The zero-order valence-corrected chi connectivity index (χ0v) is 12.2. The fraction of sp³-hybridized carbons (Fsp3) is 0.250. The van der Waals surface area contributed by atoms with E-state index in [2.05, 4.69) is 24.8 Å². The van der Waals surface area contributed by atoms with Crippen molar-refractivity contribution < 1.29 is 4.92 Å². The Morgan fingerprint density at radius 1 is 1.24 bits per heavy atom. The summed E-state index contributed by atoms with van der Waals surface area (Å²) in [6.07, 6.45) is 0. The first-order valence-corrected chi connectivity index (χ1v) is 6.86. The van der Waals surface area contributed by atoms with Crippen LogP contribution in [0.5, 0.6) is 0 Å². The van der Waals surface area contributed by atoms with Crippen LogP contribution in [0.15, 0.2) is 42.5 Å². The molecule has 0 amide bonds. The van der Waals surface area contributed by atoms with E-state index in [0.29, 0.717) is 12.2 Å². The van der Waals surface area contributed by atoms with Crippen LogP contribution in [0.3, 0.4) is 0 Å².